The topological polar surface area (TPSA) is 42.4 Å². The molecule has 4 rings (SSSR count). The van der Waals surface area contributed by atoms with Crippen molar-refractivity contribution >= 4 is 28.6 Å². The van der Waals surface area contributed by atoms with E-state index < -0.39 is 0 Å². The number of rotatable bonds is 5. The summed E-state index contributed by atoms with van der Waals surface area (Å²) < 4.78 is 5.40. The molecule has 156 valence electrons. The first-order valence-corrected chi connectivity index (χ1v) is 11.5. The number of fused-ring (bicyclic) bond motifs is 1. The smallest absolute Gasteiger partial charge is 0.233 e. The third-order valence-corrected chi connectivity index (χ3v) is 6.54. The third-order valence-electron chi connectivity index (χ3n) is 5.64. The summed E-state index contributed by atoms with van der Waals surface area (Å²) in [6, 6.07) is 18.4. The first kappa shape index (κ1) is 20.7. The van der Waals surface area contributed by atoms with Crippen molar-refractivity contribution in [2.24, 2.45) is 11.8 Å². The van der Waals surface area contributed by atoms with Gasteiger partial charge >= 0.3 is 0 Å². The van der Waals surface area contributed by atoms with Crippen LogP contribution in [0.1, 0.15) is 20.3 Å². The van der Waals surface area contributed by atoms with Crippen molar-refractivity contribution in [3.05, 3.63) is 54.6 Å². The third kappa shape index (κ3) is 4.62. The molecule has 0 bridgehead atoms. The highest BCUT2D eigenvalue weighted by atomic mass is 32.2. The van der Waals surface area contributed by atoms with Crippen molar-refractivity contribution in [2.75, 3.05) is 26.0 Å². The molecule has 0 radical (unpaired) electrons. The number of amides is 1. The number of pyridine rings is 1. The maximum atomic E-state index is 12.8. The summed E-state index contributed by atoms with van der Waals surface area (Å²) in [5.74, 6) is 2.53. The van der Waals surface area contributed by atoms with Crippen molar-refractivity contribution in [1.29, 1.82) is 0 Å². The number of benzene rings is 2. The van der Waals surface area contributed by atoms with E-state index in [-0.39, 0.29) is 5.91 Å². The molecule has 1 fully saturated rings. The maximum absolute atomic E-state index is 12.8. The van der Waals surface area contributed by atoms with Crippen LogP contribution in [0, 0.1) is 11.8 Å². The van der Waals surface area contributed by atoms with E-state index in [2.05, 4.69) is 38.1 Å². The molecular weight excluding hydrogens is 392 g/mol. The zero-order valence-corrected chi connectivity index (χ0v) is 18.6. The lowest BCUT2D eigenvalue weighted by Crippen LogP contribution is -2.43. The molecule has 3 aromatic rings. The van der Waals surface area contributed by atoms with Gasteiger partial charge in [-0.3, -0.25) is 4.79 Å². The first-order chi connectivity index (χ1) is 14.5. The van der Waals surface area contributed by atoms with Crippen LogP contribution in [0.3, 0.4) is 0 Å². The molecular formula is C25H28N2O2S. The molecule has 2 aromatic carbocycles. The number of carbonyl (C=O) groups is 1. The van der Waals surface area contributed by atoms with E-state index in [0.717, 1.165) is 45.9 Å². The van der Waals surface area contributed by atoms with E-state index in [1.54, 1.807) is 7.11 Å². The molecule has 30 heavy (non-hydrogen) atoms. The van der Waals surface area contributed by atoms with Gasteiger partial charge in [0.2, 0.25) is 5.91 Å². The van der Waals surface area contributed by atoms with E-state index >= 15 is 0 Å². The lowest BCUT2D eigenvalue weighted by Gasteiger charge is -2.35. The van der Waals surface area contributed by atoms with Crippen LogP contribution in [0.5, 0.6) is 5.75 Å². The first-order valence-electron chi connectivity index (χ1n) is 10.5. The quantitative estimate of drug-likeness (QED) is 0.511. The van der Waals surface area contributed by atoms with Gasteiger partial charge in [0.05, 0.1) is 23.4 Å². The molecule has 0 spiro atoms. The monoisotopic (exact) mass is 420 g/mol. The van der Waals surface area contributed by atoms with E-state index in [9.17, 15) is 4.79 Å². The summed E-state index contributed by atoms with van der Waals surface area (Å²) in [4.78, 5) is 19.7. The van der Waals surface area contributed by atoms with Gasteiger partial charge in [-0.2, -0.15) is 0 Å². The van der Waals surface area contributed by atoms with E-state index in [1.165, 1.54) is 18.2 Å². The molecule has 1 amide bonds. The van der Waals surface area contributed by atoms with Crippen LogP contribution in [-0.2, 0) is 4.79 Å². The summed E-state index contributed by atoms with van der Waals surface area (Å²) in [7, 11) is 1.66. The number of piperidine rings is 1. The summed E-state index contributed by atoms with van der Waals surface area (Å²) in [6.07, 6.45) is 1.20. The number of thioether (sulfide) groups is 1. The van der Waals surface area contributed by atoms with Crippen molar-refractivity contribution in [3.63, 3.8) is 0 Å². The number of ether oxygens (including phenoxy) is 1. The van der Waals surface area contributed by atoms with E-state index in [4.69, 9.17) is 9.72 Å². The van der Waals surface area contributed by atoms with Crippen molar-refractivity contribution in [2.45, 2.75) is 25.3 Å². The largest absolute Gasteiger partial charge is 0.497 e. The Hall–Kier alpha value is -2.53. The molecule has 0 N–H and O–H groups in total. The second kappa shape index (κ2) is 9.09. The van der Waals surface area contributed by atoms with Crippen LogP contribution in [-0.4, -0.2) is 41.7 Å². The number of methoxy groups -OCH3 is 1. The fourth-order valence-electron chi connectivity index (χ4n) is 4.33. The second-order valence-electron chi connectivity index (χ2n) is 8.29. The number of hydrogen-bond donors (Lipinski definition) is 0. The molecule has 1 saturated heterocycles. The van der Waals surface area contributed by atoms with Gasteiger partial charge in [0, 0.05) is 24.5 Å². The summed E-state index contributed by atoms with van der Waals surface area (Å²) >= 11 is 1.52. The average molecular weight is 421 g/mol. The molecule has 5 heteroatoms. The fraction of sp³-hybridized carbons (Fsp3) is 0.360. The zero-order valence-electron chi connectivity index (χ0n) is 17.8. The van der Waals surface area contributed by atoms with Crippen LogP contribution in [0.4, 0.5) is 0 Å². The SMILES string of the molecule is COc1ccc2c(-c3ccccc3)cc(SCC(=O)N3C[C@H](C)C[C@@H](C)C3)nc2c1. The van der Waals surface area contributed by atoms with Crippen molar-refractivity contribution in [1.82, 2.24) is 9.88 Å². The fourth-order valence-corrected chi connectivity index (χ4v) is 5.15. The van der Waals surface area contributed by atoms with E-state index in [1.807, 2.05) is 35.2 Å². The molecule has 1 aliphatic rings. The normalized spacial score (nSPS) is 19.1. The Morgan fingerprint density at radius 3 is 2.53 bits per heavy atom. The molecule has 2 atom stereocenters. The van der Waals surface area contributed by atoms with E-state index in [0.29, 0.717) is 17.6 Å². The Morgan fingerprint density at radius 1 is 1.10 bits per heavy atom. The van der Waals surface area contributed by atoms with Gasteiger partial charge in [0.25, 0.3) is 0 Å². The molecule has 0 unspecified atom stereocenters. The molecule has 0 aliphatic carbocycles. The molecule has 4 nitrogen and oxygen atoms in total. The Labute approximate surface area is 182 Å². The van der Waals surface area contributed by atoms with Gasteiger partial charge in [-0.1, -0.05) is 55.9 Å². The zero-order chi connectivity index (χ0) is 21.1. The molecule has 1 aliphatic heterocycles. The standard InChI is InChI=1S/C25H28N2O2S/c1-17-11-18(2)15-27(14-17)25(28)16-30-24-13-22(19-7-5-4-6-8-19)21-10-9-20(29-3)12-23(21)26-24/h4-10,12-13,17-18H,11,14-16H2,1-3H3/t17-,18-/m1/s1. The van der Waals surface area contributed by atoms with Gasteiger partial charge in [-0.25, -0.2) is 4.98 Å². The van der Waals surface area contributed by atoms with Gasteiger partial charge < -0.3 is 9.64 Å². The Morgan fingerprint density at radius 2 is 1.83 bits per heavy atom. The van der Waals surface area contributed by atoms with Crippen LogP contribution in [0.2, 0.25) is 0 Å². The summed E-state index contributed by atoms with van der Waals surface area (Å²) in [5.41, 5.74) is 3.14. The number of hydrogen-bond acceptors (Lipinski definition) is 4. The maximum Gasteiger partial charge on any atom is 0.233 e. The molecule has 2 heterocycles. The van der Waals surface area contributed by atoms with Crippen LogP contribution >= 0.6 is 11.8 Å². The van der Waals surface area contributed by atoms with Crippen LogP contribution in [0.25, 0.3) is 22.0 Å². The highest BCUT2D eigenvalue weighted by molar-refractivity contribution is 7.99. The lowest BCUT2D eigenvalue weighted by molar-refractivity contribution is -0.130. The second-order valence-corrected chi connectivity index (χ2v) is 9.29. The highest BCUT2D eigenvalue weighted by Crippen LogP contribution is 2.33. The van der Waals surface area contributed by atoms with Gasteiger partial charge in [0.15, 0.2) is 0 Å². The number of carbonyl (C=O) groups excluding carboxylic acids is 1. The Bertz CT molecular complexity index is 1030. The number of aromatic nitrogens is 1. The highest BCUT2D eigenvalue weighted by Gasteiger charge is 2.25. The average Bonchev–Trinajstić information content (AvgIpc) is 2.76. The van der Waals surface area contributed by atoms with Crippen molar-refractivity contribution < 1.29 is 9.53 Å². The molecule has 1 aromatic heterocycles. The van der Waals surface area contributed by atoms with Crippen molar-refractivity contribution in [3.8, 4) is 16.9 Å². The Kier molecular flexibility index (Phi) is 6.28. The lowest BCUT2D eigenvalue weighted by atomic mass is 9.92. The molecule has 0 saturated carbocycles. The Balaban J connectivity index is 1.61. The summed E-state index contributed by atoms with van der Waals surface area (Å²) in [6.45, 7) is 6.18. The van der Waals surface area contributed by atoms with Crippen LogP contribution in [0.15, 0.2) is 59.6 Å². The summed E-state index contributed by atoms with van der Waals surface area (Å²) in [5, 5.41) is 1.94. The minimum Gasteiger partial charge on any atom is -0.497 e. The minimum atomic E-state index is 0.201. The van der Waals surface area contributed by atoms with Gasteiger partial charge in [0.1, 0.15) is 5.75 Å². The minimum absolute atomic E-state index is 0.201. The van der Waals surface area contributed by atoms with Gasteiger partial charge in [-0.05, 0) is 47.6 Å². The predicted molar refractivity (Wildman–Crippen MR) is 124 cm³/mol. The van der Waals surface area contributed by atoms with Gasteiger partial charge in [-0.15, -0.1) is 0 Å². The predicted octanol–water partition coefficient (Wildman–Crippen LogP) is 5.51. The number of nitrogens with zero attached hydrogens (tertiary/aromatic N) is 2. The number of likely N-dealkylation sites (tertiary alicyclic amines) is 1. The van der Waals surface area contributed by atoms with Crippen LogP contribution < -0.4 is 4.74 Å².